The number of benzene rings is 1. The van der Waals surface area contributed by atoms with Crippen LogP contribution in [0.4, 0.5) is 4.39 Å². The van der Waals surface area contributed by atoms with E-state index in [-0.39, 0.29) is 17.4 Å². The van der Waals surface area contributed by atoms with Crippen molar-refractivity contribution in [2.45, 2.75) is 32.7 Å². The van der Waals surface area contributed by atoms with Gasteiger partial charge in [-0.2, -0.15) is 0 Å². The Bertz CT molecular complexity index is 433. The molecule has 4 nitrogen and oxygen atoms in total. The molecule has 0 saturated carbocycles. The van der Waals surface area contributed by atoms with Gasteiger partial charge >= 0.3 is 0 Å². The fraction of sp³-hybridized carbons (Fsp3) is 0.500. The van der Waals surface area contributed by atoms with Gasteiger partial charge in [0.1, 0.15) is 11.6 Å². The minimum Gasteiger partial charge on any atom is -0.507 e. The smallest absolute Gasteiger partial charge is 0.255 e. The van der Waals surface area contributed by atoms with Crippen LogP contribution in [0.1, 0.15) is 37.0 Å². The lowest BCUT2D eigenvalue weighted by atomic mass is 9.95. The second-order valence-corrected chi connectivity index (χ2v) is 4.61. The van der Waals surface area contributed by atoms with Crippen molar-refractivity contribution in [2.75, 3.05) is 6.54 Å². The minimum atomic E-state index is -0.563. The highest BCUT2D eigenvalue weighted by Crippen LogP contribution is 2.17. The number of aromatic hydroxyl groups is 1. The number of phenols is 1. The first-order chi connectivity index (χ1) is 8.99. The first-order valence-corrected chi connectivity index (χ1v) is 6.51. The molecule has 5 heteroatoms. The normalized spacial score (nSPS) is 12.5. The summed E-state index contributed by atoms with van der Waals surface area (Å²) in [5, 5.41) is 12.1. The average molecular weight is 268 g/mol. The quantitative estimate of drug-likeness (QED) is 0.739. The largest absolute Gasteiger partial charge is 0.507 e. The Labute approximate surface area is 112 Å². The van der Waals surface area contributed by atoms with Gasteiger partial charge in [0, 0.05) is 12.6 Å². The van der Waals surface area contributed by atoms with E-state index in [1.54, 1.807) is 0 Å². The number of carbonyl (C=O) groups is 1. The molecule has 106 valence electrons. The molecule has 1 aromatic carbocycles. The van der Waals surface area contributed by atoms with Gasteiger partial charge in [-0.1, -0.05) is 26.7 Å². The summed E-state index contributed by atoms with van der Waals surface area (Å²) < 4.78 is 13.0. The molecule has 0 radical (unpaired) electrons. The maximum absolute atomic E-state index is 13.0. The molecule has 4 N–H and O–H groups in total. The summed E-state index contributed by atoms with van der Waals surface area (Å²) in [6, 6.07) is 3.12. The van der Waals surface area contributed by atoms with Crippen LogP contribution in [0, 0.1) is 11.7 Å². The number of carbonyl (C=O) groups excluding carboxylic acids is 1. The van der Waals surface area contributed by atoms with Gasteiger partial charge in [-0.3, -0.25) is 4.79 Å². The number of amides is 1. The summed E-state index contributed by atoms with van der Waals surface area (Å²) in [5.41, 5.74) is 5.91. The zero-order valence-corrected chi connectivity index (χ0v) is 11.3. The lowest BCUT2D eigenvalue weighted by molar-refractivity contribution is 0.0944. The topological polar surface area (TPSA) is 75.3 Å². The number of nitrogens with one attached hydrogen (secondary N) is 1. The highest BCUT2D eigenvalue weighted by atomic mass is 19.1. The van der Waals surface area contributed by atoms with Crippen molar-refractivity contribution < 1.29 is 14.3 Å². The number of nitrogens with two attached hydrogens (primary N) is 1. The van der Waals surface area contributed by atoms with Crippen LogP contribution in [0.5, 0.6) is 5.75 Å². The van der Waals surface area contributed by atoms with Gasteiger partial charge in [0.05, 0.1) is 5.56 Å². The Morgan fingerprint density at radius 2 is 2.05 bits per heavy atom. The molecule has 19 heavy (non-hydrogen) atoms. The van der Waals surface area contributed by atoms with Gasteiger partial charge in [-0.15, -0.1) is 0 Å². The Morgan fingerprint density at radius 1 is 1.42 bits per heavy atom. The fourth-order valence-electron chi connectivity index (χ4n) is 2.06. The molecule has 0 bridgehead atoms. The maximum atomic E-state index is 13.0. The molecule has 0 saturated heterocycles. The molecule has 0 fully saturated rings. The standard InChI is InChI=1S/C14H21FN2O2/c1-3-9(4-2)12(16)8-17-14(19)11-7-10(15)5-6-13(11)18/h5-7,9,12,18H,3-4,8,16H2,1-2H3,(H,17,19). The third kappa shape index (κ3) is 4.21. The van der Waals surface area contributed by atoms with Crippen LogP contribution in [-0.4, -0.2) is 23.6 Å². The Kier molecular flexibility index (Phi) is 5.76. The zero-order valence-electron chi connectivity index (χ0n) is 11.3. The van der Waals surface area contributed by atoms with Crippen molar-refractivity contribution in [3.8, 4) is 5.75 Å². The zero-order chi connectivity index (χ0) is 14.4. The molecule has 0 aliphatic rings. The van der Waals surface area contributed by atoms with Gasteiger partial charge in [-0.25, -0.2) is 4.39 Å². The molecular formula is C14H21FN2O2. The average Bonchev–Trinajstić information content (AvgIpc) is 2.40. The molecule has 0 aliphatic carbocycles. The summed E-state index contributed by atoms with van der Waals surface area (Å²) >= 11 is 0. The highest BCUT2D eigenvalue weighted by molar-refractivity contribution is 5.96. The van der Waals surface area contributed by atoms with E-state index in [1.165, 1.54) is 0 Å². The number of hydrogen-bond acceptors (Lipinski definition) is 3. The van der Waals surface area contributed by atoms with Crippen LogP contribution < -0.4 is 11.1 Å². The Hall–Kier alpha value is -1.62. The van der Waals surface area contributed by atoms with Crippen LogP contribution in [0.3, 0.4) is 0 Å². The minimum absolute atomic E-state index is 0.0725. The van der Waals surface area contributed by atoms with Crippen molar-refractivity contribution in [2.24, 2.45) is 11.7 Å². The third-order valence-electron chi connectivity index (χ3n) is 3.36. The fourth-order valence-corrected chi connectivity index (χ4v) is 2.06. The Morgan fingerprint density at radius 3 is 2.63 bits per heavy atom. The number of halogens is 1. The van der Waals surface area contributed by atoms with Crippen molar-refractivity contribution in [3.63, 3.8) is 0 Å². The maximum Gasteiger partial charge on any atom is 0.255 e. The molecule has 1 unspecified atom stereocenters. The van der Waals surface area contributed by atoms with Crippen molar-refractivity contribution >= 4 is 5.91 Å². The van der Waals surface area contributed by atoms with E-state index >= 15 is 0 Å². The van der Waals surface area contributed by atoms with Gasteiger partial charge in [0.2, 0.25) is 0 Å². The summed E-state index contributed by atoms with van der Waals surface area (Å²) in [6.07, 6.45) is 1.89. The van der Waals surface area contributed by atoms with Gasteiger partial charge in [0.15, 0.2) is 0 Å². The Balaban J connectivity index is 2.63. The summed E-state index contributed by atoms with van der Waals surface area (Å²) in [6.45, 7) is 4.41. The van der Waals surface area contributed by atoms with E-state index in [9.17, 15) is 14.3 Å². The van der Waals surface area contributed by atoms with E-state index in [0.29, 0.717) is 12.5 Å². The molecule has 1 aromatic rings. The van der Waals surface area contributed by atoms with Crippen molar-refractivity contribution in [1.82, 2.24) is 5.32 Å². The first kappa shape index (κ1) is 15.4. The molecule has 0 spiro atoms. The predicted molar refractivity (Wildman–Crippen MR) is 72.4 cm³/mol. The van der Waals surface area contributed by atoms with Crippen LogP contribution in [0.2, 0.25) is 0 Å². The SMILES string of the molecule is CCC(CC)C(N)CNC(=O)c1cc(F)ccc1O. The first-order valence-electron chi connectivity index (χ1n) is 6.51. The van der Waals surface area contributed by atoms with E-state index in [4.69, 9.17) is 5.73 Å². The molecular weight excluding hydrogens is 247 g/mol. The van der Waals surface area contributed by atoms with Gasteiger partial charge in [0.25, 0.3) is 5.91 Å². The second-order valence-electron chi connectivity index (χ2n) is 4.61. The number of hydrogen-bond donors (Lipinski definition) is 3. The van der Waals surface area contributed by atoms with Crippen LogP contribution in [-0.2, 0) is 0 Å². The molecule has 1 amide bonds. The van der Waals surface area contributed by atoms with E-state index in [2.05, 4.69) is 5.32 Å². The highest BCUT2D eigenvalue weighted by Gasteiger charge is 2.17. The molecule has 1 rings (SSSR count). The lowest BCUT2D eigenvalue weighted by Gasteiger charge is -2.21. The van der Waals surface area contributed by atoms with Crippen LogP contribution in [0.15, 0.2) is 18.2 Å². The van der Waals surface area contributed by atoms with E-state index in [1.807, 2.05) is 13.8 Å². The number of phenolic OH excluding ortho intramolecular Hbond substituents is 1. The van der Waals surface area contributed by atoms with E-state index in [0.717, 1.165) is 31.0 Å². The molecule has 1 atom stereocenters. The molecule has 0 aromatic heterocycles. The summed E-state index contributed by atoms with van der Waals surface area (Å²) in [7, 11) is 0. The van der Waals surface area contributed by atoms with Gasteiger partial charge < -0.3 is 16.2 Å². The number of rotatable bonds is 6. The third-order valence-corrected chi connectivity index (χ3v) is 3.36. The second kappa shape index (κ2) is 7.09. The predicted octanol–water partition coefficient (Wildman–Crippen LogP) is 2.02. The van der Waals surface area contributed by atoms with Gasteiger partial charge in [-0.05, 0) is 24.1 Å². The van der Waals surface area contributed by atoms with Crippen LogP contribution in [0.25, 0.3) is 0 Å². The summed E-state index contributed by atoms with van der Waals surface area (Å²) in [5.74, 6) is -0.984. The summed E-state index contributed by atoms with van der Waals surface area (Å²) in [4.78, 5) is 11.8. The van der Waals surface area contributed by atoms with Crippen molar-refractivity contribution in [1.29, 1.82) is 0 Å². The van der Waals surface area contributed by atoms with E-state index < -0.39 is 11.7 Å². The van der Waals surface area contributed by atoms with Crippen LogP contribution >= 0.6 is 0 Å². The monoisotopic (exact) mass is 268 g/mol. The van der Waals surface area contributed by atoms with Crippen molar-refractivity contribution in [3.05, 3.63) is 29.6 Å². The lowest BCUT2D eigenvalue weighted by Crippen LogP contribution is -2.41. The molecule has 0 aliphatic heterocycles. The molecule has 0 heterocycles.